The van der Waals surface area contributed by atoms with Crippen LogP contribution in [0.2, 0.25) is 0 Å². The van der Waals surface area contributed by atoms with Crippen LogP contribution in [0.1, 0.15) is 35.3 Å². The van der Waals surface area contributed by atoms with Gasteiger partial charge in [-0.2, -0.15) is 0 Å². The van der Waals surface area contributed by atoms with Crippen LogP contribution >= 0.6 is 0 Å². The van der Waals surface area contributed by atoms with E-state index in [9.17, 15) is 9.59 Å². The third kappa shape index (κ3) is 3.78. The summed E-state index contributed by atoms with van der Waals surface area (Å²) in [6.45, 7) is 0.455. The van der Waals surface area contributed by atoms with Crippen LogP contribution in [0.15, 0.2) is 54.9 Å². The number of nitrogens with zero attached hydrogens (tertiary/aromatic N) is 2. The van der Waals surface area contributed by atoms with Crippen molar-refractivity contribution < 1.29 is 14.3 Å². The first-order valence-corrected chi connectivity index (χ1v) is 9.77. The van der Waals surface area contributed by atoms with E-state index in [4.69, 9.17) is 4.74 Å². The molecule has 0 atom stereocenters. The number of carbonyl (C=O) groups excluding carboxylic acids is 2. The number of aromatic nitrogens is 2. The first kappa shape index (κ1) is 18.9. The topological polar surface area (TPSA) is 73.2 Å². The number of ketones is 1. The highest BCUT2D eigenvalue weighted by molar-refractivity contribution is 6.07. The third-order valence-electron chi connectivity index (χ3n) is 5.23. The summed E-state index contributed by atoms with van der Waals surface area (Å²) in [6.07, 6.45) is 5.87. The van der Waals surface area contributed by atoms with Crippen molar-refractivity contribution in [3.63, 3.8) is 0 Å². The van der Waals surface area contributed by atoms with Gasteiger partial charge in [-0.3, -0.25) is 14.6 Å². The van der Waals surface area contributed by atoms with Crippen LogP contribution in [0.3, 0.4) is 0 Å². The number of hydrogen-bond acceptors (Lipinski definition) is 5. The number of fused-ring (bicyclic) bond motifs is 1. The summed E-state index contributed by atoms with van der Waals surface area (Å²) in [5.41, 5.74) is 5.28. The molecule has 0 fully saturated rings. The SMILES string of the molecule is COC(=O)CCn1c2c(c(Nc3ccccc3)c1-c1ccncc1)C(=O)CCC2. The van der Waals surface area contributed by atoms with Gasteiger partial charge in [0.1, 0.15) is 0 Å². The Morgan fingerprint density at radius 1 is 1.14 bits per heavy atom. The van der Waals surface area contributed by atoms with Crippen molar-refractivity contribution in [3.8, 4) is 11.3 Å². The molecule has 0 unspecified atom stereocenters. The molecule has 148 valence electrons. The van der Waals surface area contributed by atoms with Gasteiger partial charge in [0.2, 0.25) is 0 Å². The largest absolute Gasteiger partial charge is 0.469 e. The number of ether oxygens (including phenoxy) is 1. The van der Waals surface area contributed by atoms with Gasteiger partial charge in [-0.05, 0) is 37.1 Å². The highest BCUT2D eigenvalue weighted by Gasteiger charge is 2.30. The molecule has 0 saturated carbocycles. The lowest BCUT2D eigenvalue weighted by Crippen LogP contribution is -2.15. The molecule has 2 aromatic heterocycles. The Bertz CT molecular complexity index is 1030. The van der Waals surface area contributed by atoms with E-state index in [0.717, 1.165) is 46.7 Å². The minimum atomic E-state index is -0.271. The number of anilines is 2. The van der Waals surface area contributed by atoms with Crippen molar-refractivity contribution in [2.45, 2.75) is 32.2 Å². The summed E-state index contributed by atoms with van der Waals surface area (Å²) >= 11 is 0. The molecule has 0 saturated heterocycles. The van der Waals surface area contributed by atoms with Gasteiger partial charge < -0.3 is 14.6 Å². The number of pyridine rings is 1. The number of rotatable bonds is 6. The van der Waals surface area contributed by atoms with E-state index in [1.54, 1.807) is 12.4 Å². The molecule has 29 heavy (non-hydrogen) atoms. The predicted molar refractivity (Wildman–Crippen MR) is 111 cm³/mol. The number of methoxy groups -OCH3 is 1. The summed E-state index contributed by atoms with van der Waals surface area (Å²) in [7, 11) is 1.39. The number of benzene rings is 1. The van der Waals surface area contributed by atoms with Gasteiger partial charge in [0.05, 0.1) is 30.5 Å². The molecular formula is C23H23N3O3. The second-order valence-electron chi connectivity index (χ2n) is 7.03. The van der Waals surface area contributed by atoms with Gasteiger partial charge in [0.15, 0.2) is 5.78 Å². The van der Waals surface area contributed by atoms with Gasteiger partial charge in [0, 0.05) is 42.3 Å². The zero-order valence-corrected chi connectivity index (χ0v) is 16.4. The summed E-state index contributed by atoms with van der Waals surface area (Å²) < 4.78 is 6.94. The van der Waals surface area contributed by atoms with Gasteiger partial charge in [-0.15, -0.1) is 0 Å². The fraction of sp³-hybridized carbons (Fsp3) is 0.261. The van der Waals surface area contributed by atoms with Crippen LogP contribution in [0.25, 0.3) is 11.3 Å². The van der Waals surface area contributed by atoms with Crippen LogP contribution < -0.4 is 5.32 Å². The number of hydrogen-bond donors (Lipinski definition) is 1. The number of Topliss-reactive ketones (excluding diaryl/α,β-unsaturated/α-hetero) is 1. The van der Waals surface area contributed by atoms with Crippen molar-refractivity contribution in [3.05, 3.63) is 66.1 Å². The van der Waals surface area contributed by atoms with Crippen LogP contribution in [0.4, 0.5) is 11.4 Å². The second-order valence-corrected chi connectivity index (χ2v) is 7.03. The maximum Gasteiger partial charge on any atom is 0.307 e. The van der Waals surface area contributed by atoms with Crippen molar-refractivity contribution in [1.29, 1.82) is 0 Å². The summed E-state index contributed by atoms with van der Waals surface area (Å²) in [5.74, 6) is -0.135. The van der Waals surface area contributed by atoms with Crippen molar-refractivity contribution >= 4 is 23.1 Å². The summed E-state index contributed by atoms with van der Waals surface area (Å²) in [5, 5.41) is 3.47. The summed E-state index contributed by atoms with van der Waals surface area (Å²) in [6, 6.07) is 13.7. The number of nitrogens with one attached hydrogen (secondary N) is 1. The van der Waals surface area contributed by atoms with Gasteiger partial charge in [0.25, 0.3) is 0 Å². The number of para-hydroxylation sites is 1. The summed E-state index contributed by atoms with van der Waals surface area (Å²) in [4.78, 5) is 28.9. The molecule has 0 amide bonds. The lowest BCUT2D eigenvalue weighted by Gasteiger charge is -2.16. The lowest BCUT2D eigenvalue weighted by molar-refractivity contribution is -0.140. The van der Waals surface area contributed by atoms with Gasteiger partial charge >= 0.3 is 5.97 Å². The average molecular weight is 389 g/mol. The van der Waals surface area contributed by atoms with E-state index >= 15 is 0 Å². The molecule has 2 heterocycles. The molecule has 6 nitrogen and oxygen atoms in total. The van der Waals surface area contributed by atoms with E-state index in [0.29, 0.717) is 13.0 Å². The van der Waals surface area contributed by atoms with E-state index in [1.807, 2.05) is 42.5 Å². The molecule has 1 aromatic carbocycles. The molecule has 0 aliphatic heterocycles. The maximum atomic E-state index is 12.9. The molecule has 0 bridgehead atoms. The number of esters is 1. The van der Waals surface area contributed by atoms with E-state index in [1.165, 1.54) is 7.11 Å². The van der Waals surface area contributed by atoms with E-state index in [-0.39, 0.29) is 18.2 Å². The lowest BCUT2D eigenvalue weighted by atomic mass is 9.95. The van der Waals surface area contributed by atoms with E-state index in [2.05, 4.69) is 14.9 Å². The molecule has 3 aromatic rings. The van der Waals surface area contributed by atoms with E-state index < -0.39 is 0 Å². The Balaban J connectivity index is 1.90. The molecule has 1 aliphatic rings. The van der Waals surface area contributed by atoms with Crippen LogP contribution in [-0.2, 0) is 22.5 Å². The average Bonchev–Trinajstić information content (AvgIpc) is 3.07. The number of carbonyl (C=O) groups is 2. The predicted octanol–water partition coefficient (Wildman–Crippen LogP) is 4.38. The van der Waals surface area contributed by atoms with Crippen LogP contribution in [0, 0.1) is 0 Å². The molecule has 1 N–H and O–H groups in total. The van der Waals surface area contributed by atoms with Gasteiger partial charge in [-0.25, -0.2) is 0 Å². The minimum Gasteiger partial charge on any atom is -0.469 e. The Morgan fingerprint density at radius 2 is 1.90 bits per heavy atom. The molecule has 0 spiro atoms. The van der Waals surface area contributed by atoms with Crippen molar-refractivity contribution in [2.24, 2.45) is 0 Å². The highest BCUT2D eigenvalue weighted by atomic mass is 16.5. The second kappa shape index (κ2) is 8.31. The normalized spacial score (nSPS) is 13.1. The fourth-order valence-corrected chi connectivity index (χ4v) is 3.92. The Labute approximate surface area is 169 Å². The first-order chi connectivity index (χ1) is 14.2. The quantitative estimate of drug-likeness (QED) is 0.634. The molecule has 4 rings (SSSR count). The molecule has 1 aliphatic carbocycles. The van der Waals surface area contributed by atoms with Crippen molar-refractivity contribution in [2.75, 3.05) is 12.4 Å². The Kier molecular flexibility index (Phi) is 5.42. The Hall–Kier alpha value is -3.41. The molecule has 0 radical (unpaired) electrons. The fourth-order valence-electron chi connectivity index (χ4n) is 3.92. The molecular weight excluding hydrogens is 366 g/mol. The zero-order valence-electron chi connectivity index (χ0n) is 16.4. The monoisotopic (exact) mass is 389 g/mol. The molecule has 6 heteroatoms. The van der Waals surface area contributed by atoms with Crippen LogP contribution in [0.5, 0.6) is 0 Å². The minimum absolute atomic E-state index is 0.136. The highest BCUT2D eigenvalue weighted by Crippen LogP contribution is 2.41. The Morgan fingerprint density at radius 3 is 2.62 bits per heavy atom. The van der Waals surface area contributed by atoms with Crippen molar-refractivity contribution in [1.82, 2.24) is 9.55 Å². The maximum absolute atomic E-state index is 12.9. The first-order valence-electron chi connectivity index (χ1n) is 9.77. The smallest absolute Gasteiger partial charge is 0.307 e. The zero-order chi connectivity index (χ0) is 20.2. The van der Waals surface area contributed by atoms with Crippen LogP contribution in [-0.4, -0.2) is 28.4 Å². The van der Waals surface area contributed by atoms with Gasteiger partial charge in [-0.1, -0.05) is 18.2 Å². The standard InChI is InChI=1S/C23H23N3O3/c1-29-20(28)12-15-26-18-8-5-9-19(27)21(18)22(25-17-6-3-2-4-7-17)23(26)16-10-13-24-14-11-16/h2-4,6-7,10-11,13-14,25H,5,8-9,12,15H2,1H3. The third-order valence-corrected chi connectivity index (χ3v) is 5.23.